The summed E-state index contributed by atoms with van der Waals surface area (Å²) >= 11 is 3.50. The van der Waals surface area contributed by atoms with Gasteiger partial charge in [-0.25, -0.2) is 0 Å². The second-order valence-corrected chi connectivity index (χ2v) is 4.78. The maximum atomic E-state index is 4.31. The number of nitrogens with one attached hydrogen (secondary N) is 1. The molecule has 74 valence electrons. The third-order valence-electron chi connectivity index (χ3n) is 1.83. The number of hydrogen-bond acceptors (Lipinski definition) is 4. The summed E-state index contributed by atoms with van der Waals surface area (Å²) in [6, 6.07) is 10.4. The molecule has 1 aliphatic heterocycles. The first kappa shape index (κ1) is 9.93. The van der Waals surface area contributed by atoms with Crippen LogP contribution in [-0.2, 0) is 5.75 Å². The van der Waals surface area contributed by atoms with E-state index in [-0.39, 0.29) is 0 Å². The average molecular weight is 224 g/mol. The SMILES string of the molecule is c1ccc(CSNC2=NCCS2)cc1. The fraction of sp³-hybridized carbons (Fsp3) is 0.300. The molecule has 0 aromatic heterocycles. The van der Waals surface area contributed by atoms with Gasteiger partial charge in [0.1, 0.15) is 0 Å². The highest BCUT2D eigenvalue weighted by Gasteiger charge is 2.05. The Kier molecular flexibility index (Phi) is 3.77. The second kappa shape index (κ2) is 5.32. The molecule has 0 radical (unpaired) electrons. The Morgan fingerprint density at radius 2 is 2.21 bits per heavy atom. The van der Waals surface area contributed by atoms with Gasteiger partial charge in [-0.1, -0.05) is 42.1 Å². The maximum Gasteiger partial charge on any atom is 0.166 e. The molecule has 1 aliphatic rings. The molecule has 1 heterocycles. The van der Waals surface area contributed by atoms with Crippen molar-refractivity contribution in [1.82, 2.24) is 4.72 Å². The van der Waals surface area contributed by atoms with Crippen molar-refractivity contribution >= 4 is 28.9 Å². The number of amidine groups is 1. The van der Waals surface area contributed by atoms with E-state index >= 15 is 0 Å². The third-order valence-corrected chi connectivity index (χ3v) is 3.66. The fourth-order valence-electron chi connectivity index (χ4n) is 1.15. The van der Waals surface area contributed by atoms with Gasteiger partial charge in [0.15, 0.2) is 5.17 Å². The number of thioether (sulfide) groups is 1. The van der Waals surface area contributed by atoms with Crippen LogP contribution in [-0.4, -0.2) is 17.5 Å². The van der Waals surface area contributed by atoms with Crippen molar-refractivity contribution in [3.05, 3.63) is 35.9 Å². The molecule has 0 atom stereocenters. The molecule has 0 spiro atoms. The van der Waals surface area contributed by atoms with E-state index in [1.54, 1.807) is 23.7 Å². The predicted octanol–water partition coefficient (Wildman–Crippen LogP) is 2.53. The molecule has 0 saturated carbocycles. The van der Waals surface area contributed by atoms with Crippen LogP contribution in [0.25, 0.3) is 0 Å². The molecule has 0 fully saturated rings. The lowest BCUT2D eigenvalue weighted by atomic mass is 10.2. The zero-order chi connectivity index (χ0) is 9.64. The molecular formula is C10H12N2S2. The van der Waals surface area contributed by atoms with E-state index in [0.717, 1.165) is 23.2 Å². The molecule has 1 aromatic carbocycles. The molecule has 2 nitrogen and oxygen atoms in total. The molecule has 2 rings (SSSR count). The average Bonchev–Trinajstić information content (AvgIpc) is 2.72. The highest BCUT2D eigenvalue weighted by Crippen LogP contribution is 2.14. The molecule has 0 bridgehead atoms. The summed E-state index contributed by atoms with van der Waals surface area (Å²) in [5.41, 5.74) is 1.34. The largest absolute Gasteiger partial charge is 0.309 e. The van der Waals surface area contributed by atoms with Gasteiger partial charge in [-0.05, 0) is 17.5 Å². The molecule has 1 N–H and O–H groups in total. The first-order valence-corrected chi connectivity index (χ1v) is 6.51. The Balaban J connectivity index is 1.73. The Labute approximate surface area is 92.7 Å². The van der Waals surface area contributed by atoms with Crippen LogP contribution in [0.15, 0.2) is 35.3 Å². The summed E-state index contributed by atoms with van der Waals surface area (Å²) < 4.78 is 3.26. The fourth-order valence-corrected chi connectivity index (χ4v) is 2.74. The van der Waals surface area contributed by atoms with Crippen LogP contribution in [0.1, 0.15) is 5.56 Å². The topological polar surface area (TPSA) is 24.4 Å². The van der Waals surface area contributed by atoms with Gasteiger partial charge >= 0.3 is 0 Å². The van der Waals surface area contributed by atoms with Gasteiger partial charge < -0.3 is 4.72 Å². The monoisotopic (exact) mass is 224 g/mol. The van der Waals surface area contributed by atoms with Crippen molar-refractivity contribution in [1.29, 1.82) is 0 Å². The maximum absolute atomic E-state index is 4.31. The lowest BCUT2D eigenvalue weighted by molar-refractivity contribution is 1.16. The number of aliphatic imine (C=N–C) groups is 1. The van der Waals surface area contributed by atoms with Crippen LogP contribution in [0.3, 0.4) is 0 Å². The van der Waals surface area contributed by atoms with E-state index in [2.05, 4.69) is 34.0 Å². The van der Waals surface area contributed by atoms with Crippen LogP contribution in [0.2, 0.25) is 0 Å². The van der Waals surface area contributed by atoms with Crippen LogP contribution in [0.4, 0.5) is 0 Å². The van der Waals surface area contributed by atoms with Gasteiger partial charge in [0, 0.05) is 11.5 Å². The summed E-state index contributed by atoms with van der Waals surface area (Å²) in [5, 5.41) is 1.07. The normalized spacial score (nSPS) is 15.3. The van der Waals surface area contributed by atoms with E-state index in [1.807, 2.05) is 6.07 Å². The Morgan fingerprint density at radius 1 is 1.36 bits per heavy atom. The van der Waals surface area contributed by atoms with Crippen LogP contribution >= 0.6 is 23.7 Å². The van der Waals surface area contributed by atoms with Crippen LogP contribution in [0, 0.1) is 0 Å². The van der Waals surface area contributed by atoms with Gasteiger partial charge in [-0.15, -0.1) is 0 Å². The predicted molar refractivity (Wildman–Crippen MR) is 65.6 cm³/mol. The standard InChI is InChI=1S/C10H12N2S2/c1-2-4-9(5-3-1)8-14-12-10-11-6-7-13-10/h1-5H,6-8H2,(H,11,12). The minimum Gasteiger partial charge on any atom is -0.309 e. The quantitative estimate of drug-likeness (QED) is 0.798. The highest BCUT2D eigenvalue weighted by atomic mass is 32.2. The molecule has 0 saturated heterocycles. The molecule has 4 heteroatoms. The summed E-state index contributed by atoms with van der Waals surface area (Å²) in [5.74, 6) is 2.11. The highest BCUT2D eigenvalue weighted by molar-refractivity contribution is 8.15. The number of hydrogen-bond donors (Lipinski definition) is 1. The molecule has 0 aliphatic carbocycles. The van der Waals surface area contributed by atoms with E-state index in [4.69, 9.17) is 0 Å². The Bertz CT molecular complexity index is 311. The van der Waals surface area contributed by atoms with Crippen LogP contribution < -0.4 is 4.72 Å². The smallest absolute Gasteiger partial charge is 0.166 e. The van der Waals surface area contributed by atoms with E-state index < -0.39 is 0 Å². The first-order valence-electron chi connectivity index (χ1n) is 4.54. The Hall–Kier alpha value is -0.610. The van der Waals surface area contributed by atoms with Crippen molar-refractivity contribution in [2.75, 3.05) is 12.3 Å². The summed E-state index contributed by atoms with van der Waals surface area (Å²) in [6.07, 6.45) is 0. The van der Waals surface area contributed by atoms with Gasteiger partial charge in [0.2, 0.25) is 0 Å². The van der Waals surface area contributed by atoms with Gasteiger partial charge in [-0.2, -0.15) is 0 Å². The summed E-state index contributed by atoms with van der Waals surface area (Å²) in [4.78, 5) is 4.31. The van der Waals surface area contributed by atoms with E-state index in [1.165, 1.54) is 5.56 Å². The van der Waals surface area contributed by atoms with Crippen molar-refractivity contribution in [2.45, 2.75) is 5.75 Å². The summed E-state index contributed by atoms with van der Waals surface area (Å²) in [7, 11) is 0. The second-order valence-electron chi connectivity index (χ2n) is 2.91. The number of rotatable bonds is 3. The van der Waals surface area contributed by atoms with Crippen molar-refractivity contribution in [2.24, 2.45) is 4.99 Å². The molecular weight excluding hydrogens is 212 g/mol. The molecule has 0 unspecified atom stereocenters. The molecule has 0 amide bonds. The van der Waals surface area contributed by atoms with E-state index in [9.17, 15) is 0 Å². The van der Waals surface area contributed by atoms with Crippen LogP contribution in [0.5, 0.6) is 0 Å². The lowest BCUT2D eigenvalue weighted by Crippen LogP contribution is -2.09. The zero-order valence-corrected chi connectivity index (χ0v) is 9.40. The van der Waals surface area contributed by atoms with Crippen molar-refractivity contribution in [3.8, 4) is 0 Å². The minimum absolute atomic E-state index is 0.957. The van der Waals surface area contributed by atoms with Crippen molar-refractivity contribution in [3.63, 3.8) is 0 Å². The lowest BCUT2D eigenvalue weighted by Gasteiger charge is -2.03. The van der Waals surface area contributed by atoms with E-state index in [0.29, 0.717) is 0 Å². The van der Waals surface area contributed by atoms with Gasteiger partial charge in [0.25, 0.3) is 0 Å². The first-order chi connectivity index (χ1) is 6.95. The zero-order valence-electron chi connectivity index (χ0n) is 7.77. The molecule has 1 aromatic rings. The number of benzene rings is 1. The van der Waals surface area contributed by atoms with Gasteiger partial charge in [0.05, 0.1) is 6.54 Å². The molecule has 14 heavy (non-hydrogen) atoms. The van der Waals surface area contributed by atoms with Gasteiger partial charge in [-0.3, -0.25) is 4.99 Å². The van der Waals surface area contributed by atoms with Crippen molar-refractivity contribution < 1.29 is 0 Å². The Morgan fingerprint density at radius 3 is 2.93 bits per heavy atom. The summed E-state index contributed by atoms with van der Waals surface area (Å²) in [6.45, 7) is 0.957. The number of nitrogens with zero attached hydrogens (tertiary/aromatic N) is 1. The third kappa shape index (κ3) is 2.96. The minimum atomic E-state index is 0.957.